The predicted molar refractivity (Wildman–Crippen MR) is 144 cm³/mol. The SMILES string of the molecule is C#CCCOC(=O)CNC(=O)C(C)N1CCN(CC(=O)OC)CCN(CC(=O)OC)CCN(CC(=O)OC)CC1. The Morgan fingerprint density at radius 3 is 1.50 bits per heavy atom. The number of esters is 4. The Morgan fingerprint density at radius 2 is 1.12 bits per heavy atom. The number of ether oxygens (including phenoxy) is 4. The number of carbonyl (C=O) groups excluding carboxylic acids is 5. The van der Waals surface area contributed by atoms with Gasteiger partial charge in [0.15, 0.2) is 0 Å². The molecule has 14 nitrogen and oxygen atoms in total. The molecule has 40 heavy (non-hydrogen) atoms. The first-order valence-corrected chi connectivity index (χ1v) is 13.1. The third-order valence-electron chi connectivity index (χ3n) is 6.46. The zero-order valence-corrected chi connectivity index (χ0v) is 24.0. The minimum atomic E-state index is -0.628. The molecule has 226 valence electrons. The van der Waals surface area contributed by atoms with E-state index in [1.807, 2.05) is 19.6 Å². The van der Waals surface area contributed by atoms with Crippen LogP contribution >= 0.6 is 0 Å². The molecular weight excluding hydrogens is 526 g/mol. The Hall–Kier alpha value is -3.25. The van der Waals surface area contributed by atoms with Crippen molar-refractivity contribution in [3.05, 3.63) is 0 Å². The van der Waals surface area contributed by atoms with Crippen LogP contribution in [-0.4, -0.2) is 162 Å². The van der Waals surface area contributed by atoms with E-state index >= 15 is 0 Å². The monoisotopic (exact) mass is 569 g/mol. The summed E-state index contributed by atoms with van der Waals surface area (Å²) in [4.78, 5) is 68.5. The first-order chi connectivity index (χ1) is 19.1. The lowest BCUT2D eigenvalue weighted by Gasteiger charge is -2.35. The smallest absolute Gasteiger partial charge is 0.325 e. The highest BCUT2D eigenvalue weighted by Crippen LogP contribution is 2.06. The van der Waals surface area contributed by atoms with E-state index in [1.54, 1.807) is 6.92 Å². The topological polar surface area (TPSA) is 147 Å². The fourth-order valence-electron chi connectivity index (χ4n) is 3.90. The molecule has 1 aliphatic rings. The van der Waals surface area contributed by atoms with E-state index in [1.165, 1.54) is 21.3 Å². The molecule has 1 amide bonds. The van der Waals surface area contributed by atoms with Crippen LogP contribution in [0.1, 0.15) is 13.3 Å². The molecule has 1 rings (SSSR count). The summed E-state index contributed by atoms with van der Waals surface area (Å²) in [6.45, 7) is 5.09. The molecule has 1 atom stereocenters. The van der Waals surface area contributed by atoms with Crippen molar-refractivity contribution in [2.24, 2.45) is 0 Å². The van der Waals surface area contributed by atoms with Gasteiger partial charge < -0.3 is 24.3 Å². The fraction of sp³-hybridized carbons (Fsp3) is 0.731. The van der Waals surface area contributed by atoms with Gasteiger partial charge in [-0.1, -0.05) is 0 Å². The molecule has 1 N–H and O–H groups in total. The summed E-state index contributed by atoms with van der Waals surface area (Å²) >= 11 is 0. The Bertz CT molecular complexity index is 845. The average molecular weight is 570 g/mol. The Morgan fingerprint density at radius 1 is 0.725 bits per heavy atom. The van der Waals surface area contributed by atoms with Crippen LogP contribution in [0.25, 0.3) is 0 Å². The minimum absolute atomic E-state index is 0.0367. The number of hydrogen-bond acceptors (Lipinski definition) is 13. The van der Waals surface area contributed by atoms with Crippen LogP contribution in [0.15, 0.2) is 0 Å². The molecule has 0 saturated carbocycles. The molecule has 0 radical (unpaired) electrons. The molecule has 1 fully saturated rings. The molecule has 1 aliphatic heterocycles. The number of terminal acetylenes is 1. The first kappa shape index (κ1) is 34.8. The van der Waals surface area contributed by atoms with Crippen molar-refractivity contribution in [1.29, 1.82) is 0 Å². The van der Waals surface area contributed by atoms with Gasteiger partial charge in [-0.15, -0.1) is 12.3 Å². The van der Waals surface area contributed by atoms with Crippen LogP contribution in [0.2, 0.25) is 0 Å². The average Bonchev–Trinajstić information content (AvgIpc) is 2.95. The molecule has 1 heterocycles. The first-order valence-electron chi connectivity index (χ1n) is 13.1. The van der Waals surface area contributed by atoms with Crippen molar-refractivity contribution in [2.45, 2.75) is 19.4 Å². The maximum atomic E-state index is 12.9. The van der Waals surface area contributed by atoms with Crippen LogP contribution < -0.4 is 5.32 Å². The van der Waals surface area contributed by atoms with Gasteiger partial charge >= 0.3 is 23.9 Å². The van der Waals surface area contributed by atoms with E-state index in [9.17, 15) is 24.0 Å². The molecule has 1 unspecified atom stereocenters. The van der Waals surface area contributed by atoms with E-state index in [0.717, 1.165) is 0 Å². The minimum Gasteiger partial charge on any atom is -0.468 e. The zero-order valence-electron chi connectivity index (χ0n) is 24.0. The Kier molecular flexibility index (Phi) is 17.2. The number of carbonyl (C=O) groups is 5. The number of hydrogen-bond donors (Lipinski definition) is 1. The summed E-state index contributed by atoms with van der Waals surface area (Å²) < 4.78 is 19.5. The van der Waals surface area contributed by atoms with Gasteiger partial charge in [0.05, 0.1) is 47.0 Å². The number of nitrogens with one attached hydrogen (secondary N) is 1. The van der Waals surface area contributed by atoms with Gasteiger partial charge in [0, 0.05) is 58.8 Å². The second kappa shape index (κ2) is 19.8. The van der Waals surface area contributed by atoms with Gasteiger partial charge in [-0.25, -0.2) is 0 Å². The zero-order chi connectivity index (χ0) is 29.9. The fourth-order valence-corrected chi connectivity index (χ4v) is 3.90. The lowest BCUT2D eigenvalue weighted by molar-refractivity contribution is -0.144. The van der Waals surface area contributed by atoms with E-state index in [-0.39, 0.29) is 45.1 Å². The van der Waals surface area contributed by atoms with Gasteiger partial charge in [0.1, 0.15) is 13.2 Å². The van der Waals surface area contributed by atoms with Crippen LogP contribution in [0, 0.1) is 12.3 Å². The molecule has 0 aromatic heterocycles. The van der Waals surface area contributed by atoms with Gasteiger partial charge in [-0.05, 0) is 6.92 Å². The highest BCUT2D eigenvalue weighted by molar-refractivity contribution is 5.85. The van der Waals surface area contributed by atoms with Crippen molar-refractivity contribution in [3.8, 4) is 12.3 Å². The van der Waals surface area contributed by atoms with Crippen molar-refractivity contribution < 1.29 is 42.9 Å². The quantitative estimate of drug-likeness (QED) is 0.117. The Labute approximate surface area is 236 Å². The number of amides is 1. The van der Waals surface area contributed by atoms with Crippen molar-refractivity contribution in [3.63, 3.8) is 0 Å². The summed E-state index contributed by atoms with van der Waals surface area (Å²) in [6.07, 6.45) is 5.43. The standard InChI is InChI=1S/C26H43N5O9/c1-6-7-16-40-22(32)17-27-26(36)21(2)31-14-12-29(19-24(34)38-4)10-8-28(18-23(33)37-3)9-11-30(13-15-31)20-25(35)39-5/h1,21H,7-20H2,2-5H3,(H,27,36). The van der Waals surface area contributed by atoms with Crippen LogP contribution in [-0.2, 0) is 42.9 Å². The van der Waals surface area contributed by atoms with Crippen molar-refractivity contribution in [2.75, 3.05) is 106 Å². The van der Waals surface area contributed by atoms with Crippen LogP contribution in [0.3, 0.4) is 0 Å². The third-order valence-corrected chi connectivity index (χ3v) is 6.46. The highest BCUT2D eigenvalue weighted by atomic mass is 16.5. The van der Waals surface area contributed by atoms with Crippen molar-refractivity contribution in [1.82, 2.24) is 24.9 Å². The molecule has 0 bridgehead atoms. The van der Waals surface area contributed by atoms with Gasteiger partial charge in [0.25, 0.3) is 0 Å². The normalized spacial score (nSPS) is 17.3. The Balaban J connectivity index is 3.04. The number of nitrogens with zero attached hydrogens (tertiary/aromatic N) is 4. The van der Waals surface area contributed by atoms with Gasteiger partial charge in [-0.3, -0.25) is 43.6 Å². The van der Waals surface area contributed by atoms with Gasteiger partial charge in [-0.2, -0.15) is 0 Å². The van der Waals surface area contributed by atoms with E-state index < -0.39 is 29.9 Å². The van der Waals surface area contributed by atoms with E-state index in [0.29, 0.717) is 52.4 Å². The maximum Gasteiger partial charge on any atom is 0.325 e. The van der Waals surface area contributed by atoms with E-state index in [2.05, 4.69) is 11.2 Å². The molecule has 14 heteroatoms. The molecular formula is C26H43N5O9. The maximum absolute atomic E-state index is 12.9. The highest BCUT2D eigenvalue weighted by Gasteiger charge is 2.26. The second-order valence-electron chi connectivity index (χ2n) is 9.16. The lowest BCUT2D eigenvalue weighted by atomic mass is 10.2. The molecule has 0 spiro atoms. The van der Waals surface area contributed by atoms with Crippen molar-refractivity contribution >= 4 is 29.8 Å². The number of rotatable bonds is 12. The predicted octanol–water partition coefficient (Wildman–Crippen LogP) is -2.20. The van der Waals surface area contributed by atoms with E-state index in [4.69, 9.17) is 25.4 Å². The molecule has 0 aromatic rings. The molecule has 0 aliphatic carbocycles. The lowest BCUT2D eigenvalue weighted by Crippen LogP contribution is -2.53. The third kappa shape index (κ3) is 14.2. The summed E-state index contributed by atoms with van der Waals surface area (Å²) in [6, 6.07) is -0.628. The molecule has 1 saturated heterocycles. The van der Waals surface area contributed by atoms with Crippen LogP contribution in [0.4, 0.5) is 0 Å². The van der Waals surface area contributed by atoms with Gasteiger partial charge in [0.2, 0.25) is 5.91 Å². The summed E-state index contributed by atoms with van der Waals surface area (Å²) in [5, 5.41) is 2.59. The second-order valence-corrected chi connectivity index (χ2v) is 9.16. The summed E-state index contributed by atoms with van der Waals surface area (Å²) in [7, 11) is 3.95. The van der Waals surface area contributed by atoms with Crippen LogP contribution in [0.5, 0.6) is 0 Å². The molecule has 0 aromatic carbocycles. The largest absolute Gasteiger partial charge is 0.468 e. The summed E-state index contributed by atoms with van der Waals surface area (Å²) in [5.74, 6) is 0.206. The number of methoxy groups -OCH3 is 3. The summed E-state index contributed by atoms with van der Waals surface area (Å²) in [5.41, 5.74) is 0.